The van der Waals surface area contributed by atoms with Crippen LogP contribution in [0, 0.1) is 13.8 Å². The highest BCUT2D eigenvalue weighted by Crippen LogP contribution is 2.28. The number of hydrogen-bond acceptors (Lipinski definition) is 3. The fourth-order valence-electron chi connectivity index (χ4n) is 5.44. The minimum Gasteiger partial charge on any atom is -0.349 e. The molecule has 0 saturated carbocycles. The average molecular weight is 495 g/mol. The molecule has 0 aliphatic carbocycles. The van der Waals surface area contributed by atoms with Crippen molar-refractivity contribution in [2.24, 2.45) is 7.05 Å². The molecule has 1 saturated heterocycles. The van der Waals surface area contributed by atoms with Gasteiger partial charge in [0, 0.05) is 32.4 Å². The number of benzene rings is 2. The number of aromatic amines is 1. The van der Waals surface area contributed by atoms with Crippen molar-refractivity contribution in [1.29, 1.82) is 0 Å². The monoisotopic (exact) mass is 494 g/mol. The number of piperidine rings is 1. The summed E-state index contributed by atoms with van der Waals surface area (Å²) in [7, 11) is 1.98. The Kier molecular flexibility index (Phi) is 5.59. The first-order valence-electron chi connectivity index (χ1n) is 12.7. The maximum absolute atomic E-state index is 13.9. The topological polar surface area (TPSA) is 80.8 Å². The van der Waals surface area contributed by atoms with Crippen molar-refractivity contribution in [2.75, 3.05) is 13.1 Å². The number of likely N-dealkylation sites (tertiary alicyclic amines) is 1. The number of hydrogen-bond donors (Lipinski definition) is 1. The van der Waals surface area contributed by atoms with E-state index in [0.29, 0.717) is 18.8 Å². The zero-order valence-corrected chi connectivity index (χ0v) is 21.3. The lowest BCUT2D eigenvalue weighted by Gasteiger charge is -2.32. The molecule has 2 aromatic carbocycles. The number of aromatic nitrogens is 5. The third kappa shape index (κ3) is 3.98. The van der Waals surface area contributed by atoms with Crippen LogP contribution in [0.1, 0.15) is 40.5 Å². The van der Waals surface area contributed by atoms with E-state index >= 15 is 0 Å². The van der Waals surface area contributed by atoms with Gasteiger partial charge < -0.3 is 14.5 Å². The number of rotatable bonds is 4. The molecule has 1 aliphatic rings. The van der Waals surface area contributed by atoms with E-state index in [4.69, 9.17) is 5.10 Å². The van der Waals surface area contributed by atoms with Crippen molar-refractivity contribution in [3.8, 4) is 17.1 Å². The lowest BCUT2D eigenvalue weighted by Crippen LogP contribution is -2.41. The van der Waals surface area contributed by atoms with E-state index in [1.807, 2.05) is 83.6 Å². The van der Waals surface area contributed by atoms with E-state index in [1.54, 1.807) is 4.68 Å². The lowest BCUT2D eigenvalue weighted by atomic mass is 10.0. The van der Waals surface area contributed by atoms with Crippen LogP contribution in [0.25, 0.3) is 28.1 Å². The second kappa shape index (κ2) is 8.96. The molecule has 0 bridgehead atoms. The number of fused-ring (bicyclic) bond motifs is 1. The summed E-state index contributed by atoms with van der Waals surface area (Å²) in [5.41, 5.74) is 7.00. The van der Waals surface area contributed by atoms with Gasteiger partial charge in [-0.05, 0) is 74.2 Å². The Balaban J connectivity index is 1.32. The maximum Gasteiger partial charge on any atom is 0.326 e. The molecule has 0 spiro atoms. The summed E-state index contributed by atoms with van der Waals surface area (Å²) in [5, 5.41) is 4.90. The summed E-state index contributed by atoms with van der Waals surface area (Å²) in [6.45, 7) is 5.24. The van der Waals surface area contributed by atoms with Crippen LogP contribution in [-0.4, -0.2) is 47.8 Å². The Morgan fingerprint density at radius 2 is 1.78 bits per heavy atom. The van der Waals surface area contributed by atoms with Gasteiger partial charge in [0.25, 0.3) is 5.91 Å². The van der Waals surface area contributed by atoms with E-state index in [0.717, 1.165) is 52.1 Å². The Labute approximate surface area is 214 Å². The molecule has 4 heterocycles. The average Bonchev–Trinajstić information content (AvgIpc) is 3.61. The first kappa shape index (κ1) is 23.1. The van der Waals surface area contributed by atoms with E-state index in [9.17, 15) is 9.59 Å². The third-order valence-electron chi connectivity index (χ3n) is 7.47. The molecule has 1 aliphatic heterocycles. The van der Waals surface area contributed by atoms with E-state index in [-0.39, 0.29) is 17.6 Å². The number of carbonyl (C=O) groups is 1. The first-order chi connectivity index (χ1) is 17.9. The SMILES string of the molecule is Cc1ccc(C)c(-n2nc(-c3cccn3C)cc2C(=O)N2CCC(n3c(=O)[nH]c4ccccc43)CC2)c1. The molecule has 8 heteroatoms. The number of H-pyrrole nitrogens is 1. The molecule has 6 rings (SSSR count). The van der Waals surface area contributed by atoms with Crippen molar-refractivity contribution in [3.63, 3.8) is 0 Å². The van der Waals surface area contributed by atoms with Gasteiger partial charge in [0.15, 0.2) is 0 Å². The Bertz CT molecular complexity index is 1680. The van der Waals surface area contributed by atoms with Crippen LogP contribution in [0.2, 0.25) is 0 Å². The Morgan fingerprint density at radius 1 is 1.00 bits per heavy atom. The molecular formula is C29H30N6O2. The van der Waals surface area contributed by atoms with Crippen molar-refractivity contribution < 1.29 is 4.79 Å². The molecule has 37 heavy (non-hydrogen) atoms. The Morgan fingerprint density at radius 3 is 2.54 bits per heavy atom. The summed E-state index contributed by atoms with van der Waals surface area (Å²) in [5.74, 6) is -0.0430. The highest BCUT2D eigenvalue weighted by atomic mass is 16.2. The molecule has 3 aromatic heterocycles. The molecule has 5 aromatic rings. The van der Waals surface area contributed by atoms with E-state index < -0.39 is 0 Å². The molecule has 1 amide bonds. The van der Waals surface area contributed by atoms with Crippen LogP contribution in [-0.2, 0) is 7.05 Å². The quantitative estimate of drug-likeness (QED) is 0.396. The van der Waals surface area contributed by atoms with E-state index in [2.05, 4.69) is 23.2 Å². The van der Waals surface area contributed by atoms with Crippen LogP contribution in [0.3, 0.4) is 0 Å². The summed E-state index contributed by atoms with van der Waals surface area (Å²) in [6, 6.07) is 19.9. The van der Waals surface area contributed by atoms with Crippen molar-refractivity contribution >= 4 is 16.9 Å². The fourth-order valence-corrected chi connectivity index (χ4v) is 5.44. The third-order valence-corrected chi connectivity index (χ3v) is 7.47. The summed E-state index contributed by atoms with van der Waals surface area (Å²) < 4.78 is 5.66. The number of carbonyl (C=O) groups excluding carboxylic acids is 1. The maximum atomic E-state index is 13.9. The van der Waals surface area contributed by atoms with Crippen molar-refractivity contribution in [3.05, 3.63) is 94.2 Å². The predicted molar refractivity (Wildman–Crippen MR) is 144 cm³/mol. The summed E-state index contributed by atoms with van der Waals surface area (Å²) >= 11 is 0. The normalized spacial score (nSPS) is 14.5. The molecule has 8 nitrogen and oxygen atoms in total. The van der Waals surface area contributed by atoms with Gasteiger partial charge in [0.1, 0.15) is 11.4 Å². The highest BCUT2D eigenvalue weighted by molar-refractivity contribution is 5.94. The molecule has 0 radical (unpaired) electrons. The molecule has 0 atom stereocenters. The summed E-state index contributed by atoms with van der Waals surface area (Å²) in [4.78, 5) is 31.5. The lowest BCUT2D eigenvalue weighted by molar-refractivity contribution is 0.0685. The number of imidazole rings is 1. The zero-order valence-electron chi connectivity index (χ0n) is 21.3. The number of aryl methyl sites for hydroxylation is 3. The van der Waals surface area contributed by atoms with Gasteiger partial charge >= 0.3 is 5.69 Å². The zero-order chi connectivity index (χ0) is 25.7. The van der Waals surface area contributed by atoms with Crippen molar-refractivity contribution in [2.45, 2.75) is 32.7 Å². The first-order valence-corrected chi connectivity index (χ1v) is 12.7. The number of nitrogens with one attached hydrogen (secondary N) is 1. The predicted octanol–water partition coefficient (Wildman–Crippen LogP) is 4.61. The van der Waals surface area contributed by atoms with Crippen molar-refractivity contribution in [1.82, 2.24) is 28.8 Å². The van der Waals surface area contributed by atoms with Gasteiger partial charge in [-0.3, -0.25) is 9.36 Å². The Hall–Kier alpha value is -4.33. The van der Waals surface area contributed by atoms with Gasteiger partial charge in [0.2, 0.25) is 0 Å². The van der Waals surface area contributed by atoms with E-state index in [1.165, 1.54) is 0 Å². The van der Waals surface area contributed by atoms with Gasteiger partial charge in [-0.15, -0.1) is 0 Å². The molecule has 188 valence electrons. The van der Waals surface area contributed by atoms with Gasteiger partial charge in [-0.1, -0.05) is 24.3 Å². The van der Waals surface area contributed by atoms with Crippen LogP contribution in [0.4, 0.5) is 0 Å². The second-order valence-corrected chi connectivity index (χ2v) is 9.96. The van der Waals surface area contributed by atoms with Gasteiger partial charge in [0.05, 0.1) is 22.4 Å². The minimum atomic E-state index is -0.0915. The second-order valence-electron chi connectivity index (χ2n) is 9.96. The standard InChI is InChI=1S/C29H30N6O2/c1-19-10-11-20(2)26(17-19)35-27(18-23(31-35)24-9-6-14-32(24)3)28(36)33-15-12-21(13-16-33)34-25-8-5-4-7-22(25)30-29(34)37/h4-11,14,17-18,21H,12-13,15-16H2,1-3H3,(H,30,37). The van der Waals surface area contributed by atoms with Gasteiger partial charge in [-0.2, -0.15) is 5.10 Å². The van der Waals surface area contributed by atoms with Crippen LogP contribution < -0.4 is 5.69 Å². The van der Waals surface area contributed by atoms with Crippen LogP contribution in [0.15, 0.2) is 71.7 Å². The number of nitrogens with zero attached hydrogens (tertiary/aromatic N) is 5. The van der Waals surface area contributed by atoms with Crippen LogP contribution >= 0.6 is 0 Å². The largest absolute Gasteiger partial charge is 0.349 e. The molecule has 1 N–H and O–H groups in total. The van der Waals surface area contributed by atoms with Crippen LogP contribution in [0.5, 0.6) is 0 Å². The molecular weight excluding hydrogens is 464 g/mol. The molecule has 1 fully saturated rings. The van der Waals surface area contributed by atoms with Gasteiger partial charge in [-0.25, -0.2) is 9.48 Å². The minimum absolute atomic E-state index is 0.0430. The smallest absolute Gasteiger partial charge is 0.326 e. The highest BCUT2D eigenvalue weighted by Gasteiger charge is 2.29. The number of amides is 1. The number of para-hydroxylation sites is 2. The molecule has 0 unspecified atom stereocenters. The summed E-state index contributed by atoms with van der Waals surface area (Å²) in [6.07, 6.45) is 3.41. The fraction of sp³-hybridized carbons (Fsp3) is 0.276.